The third-order valence-electron chi connectivity index (χ3n) is 1.79. The summed E-state index contributed by atoms with van der Waals surface area (Å²) in [6.45, 7) is 4.00. The van der Waals surface area contributed by atoms with Crippen molar-refractivity contribution < 1.29 is 5.11 Å². The molecule has 0 amide bonds. The number of nitrogens with zero attached hydrogens (tertiary/aromatic N) is 1. The first kappa shape index (κ1) is 10.3. The Labute approximate surface area is 83.2 Å². The van der Waals surface area contributed by atoms with Crippen LogP contribution in [-0.4, -0.2) is 10.1 Å². The molecule has 0 atom stereocenters. The van der Waals surface area contributed by atoms with Gasteiger partial charge in [-0.05, 0) is 23.6 Å². The van der Waals surface area contributed by atoms with Gasteiger partial charge in [-0.15, -0.1) is 0 Å². The van der Waals surface area contributed by atoms with Gasteiger partial charge in [0.15, 0.2) is 0 Å². The fourth-order valence-electron chi connectivity index (χ4n) is 1.14. The van der Waals surface area contributed by atoms with Crippen molar-refractivity contribution in [2.24, 2.45) is 0 Å². The van der Waals surface area contributed by atoms with E-state index >= 15 is 0 Å². The Hall–Kier alpha value is -1.77. The molecule has 0 aliphatic carbocycles. The summed E-state index contributed by atoms with van der Waals surface area (Å²) in [4.78, 5) is 3.93. The maximum absolute atomic E-state index is 9.26. The zero-order chi connectivity index (χ0) is 10.6. The number of benzene rings is 1. The third kappa shape index (κ3) is 1.93. The molecule has 1 aromatic heterocycles. The number of anilines is 1. The number of aromatic hydroxyl groups is 1. The molecule has 3 N–H and O–H groups in total. The van der Waals surface area contributed by atoms with E-state index in [0.29, 0.717) is 5.69 Å². The van der Waals surface area contributed by atoms with Gasteiger partial charge in [-0.3, -0.25) is 4.98 Å². The van der Waals surface area contributed by atoms with Crippen LogP contribution in [0.1, 0.15) is 13.8 Å². The number of phenolic OH excluding ortho intramolecular Hbond substituents is 1. The summed E-state index contributed by atoms with van der Waals surface area (Å²) in [5.41, 5.74) is 5.91. The second-order valence-electron chi connectivity index (χ2n) is 2.63. The molecule has 0 saturated carbocycles. The van der Waals surface area contributed by atoms with E-state index in [1.54, 1.807) is 24.5 Å². The second-order valence-corrected chi connectivity index (χ2v) is 2.63. The highest BCUT2D eigenvalue weighted by Gasteiger charge is 1.98. The highest BCUT2D eigenvalue weighted by atomic mass is 16.3. The first-order chi connectivity index (χ1) is 6.77. The normalized spacial score (nSPS) is 9.29. The van der Waals surface area contributed by atoms with Crippen LogP contribution in [0, 0.1) is 0 Å². The second kappa shape index (κ2) is 4.46. The van der Waals surface area contributed by atoms with Gasteiger partial charge >= 0.3 is 0 Å². The van der Waals surface area contributed by atoms with Crippen LogP contribution in [0.4, 0.5) is 5.69 Å². The standard InChI is InChI=1S/C9H8N2O.C2H6/c10-8-3-6-1-2-11-5-7(6)4-9(8)12;1-2/h1-5,12H,10H2;1-2H3. The molecule has 1 aromatic carbocycles. The van der Waals surface area contributed by atoms with Gasteiger partial charge in [-0.2, -0.15) is 0 Å². The lowest BCUT2D eigenvalue weighted by Crippen LogP contribution is -1.85. The molecular formula is C11H14N2O. The molecule has 3 heteroatoms. The zero-order valence-electron chi connectivity index (χ0n) is 8.36. The van der Waals surface area contributed by atoms with Crippen LogP contribution in [0.15, 0.2) is 30.6 Å². The third-order valence-corrected chi connectivity index (χ3v) is 1.79. The van der Waals surface area contributed by atoms with Crippen LogP contribution in [0.25, 0.3) is 10.8 Å². The predicted molar refractivity (Wildman–Crippen MR) is 59.2 cm³/mol. The minimum atomic E-state index is 0.107. The Morgan fingerprint density at radius 3 is 2.64 bits per heavy atom. The number of hydrogen-bond acceptors (Lipinski definition) is 3. The van der Waals surface area contributed by atoms with Crippen molar-refractivity contribution in [3.8, 4) is 5.75 Å². The molecule has 1 heterocycles. The average Bonchev–Trinajstić information content (AvgIpc) is 2.23. The molecule has 0 spiro atoms. The molecule has 0 aliphatic rings. The van der Waals surface area contributed by atoms with Crippen LogP contribution in [0.3, 0.4) is 0 Å². The van der Waals surface area contributed by atoms with Gasteiger partial charge in [-0.25, -0.2) is 0 Å². The largest absolute Gasteiger partial charge is 0.506 e. The summed E-state index contributed by atoms with van der Waals surface area (Å²) in [5, 5.41) is 11.1. The number of rotatable bonds is 0. The molecule has 0 fully saturated rings. The zero-order valence-corrected chi connectivity index (χ0v) is 8.36. The van der Waals surface area contributed by atoms with E-state index in [4.69, 9.17) is 5.73 Å². The maximum atomic E-state index is 9.26. The Morgan fingerprint density at radius 1 is 1.21 bits per heavy atom. The molecule has 0 unspecified atom stereocenters. The van der Waals surface area contributed by atoms with Crippen molar-refractivity contribution in [3.05, 3.63) is 30.6 Å². The van der Waals surface area contributed by atoms with E-state index in [1.807, 2.05) is 19.9 Å². The van der Waals surface area contributed by atoms with Crippen LogP contribution >= 0.6 is 0 Å². The van der Waals surface area contributed by atoms with Crippen molar-refractivity contribution in [1.82, 2.24) is 4.98 Å². The minimum absolute atomic E-state index is 0.107. The highest BCUT2D eigenvalue weighted by molar-refractivity contribution is 5.87. The number of nitrogen functional groups attached to an aromatic ring is 1. The van der Waals surface area contributed by atoms with Crippen molar-refractivity contribution in [2.45, 2.75) is 13.8 Å². The molecule has 0 bridgehead atoms. The number of nitrogens with two attached hydrogens (primary N) is 1. The summed E-state index contributed by atoms with van der Waals surface area (Å²) >= 11 is 0. The molecule has 2 rings (SSSR count). The first-order valence-electron chi connectivity index (χ1n) is 4.59. The number of hydrogen-bond donors (Lipinski definition) is 2. The lowest BCUT2D eigenvalue weighted by molar-refractivity contribution is 0.479. The maximum Gasteiger partial charge on any atom is 0.139 e. The van der Waals surface area contributed by atoms with Crippen LogP contribution < -0.4 is 5.73 Å². The fraction of sp³-hybridized carbons (Fsp3) is 0.182. The van der Waals surface area contributed by atoms with E-state index < -0.39 is 0 Å². The number of aromatic nitrogens is 1. The van der Waals surface area contributed by atoms with Crippen LogP contribution in [0.2, 0.25) is 0 Å². The van der Waals surface area contributed by atoms with E-state index in [2.05, 4.69) is 4.98 Å². The molecule has 74 valence electrons. The summed E-state index contributed by atoms with van der Waals surface area (Å²) in [7, 11) is 0. The van der Waals surface area contributed by atoms with Gasteiger partial charge in [0, 0.05) is 17.8 Å². The van der Waals surface area contributed by atoms with E-state index in [0.717, 1.165) is 10.8 Å². The summed E-state index contributed by atoms with van der Waals surface area (Å²) in [6, 6.07) is 5.19. The van der Waals surface area contributed by atoms with Crippen LogP contribution in [0.5, 0.6) is 5.75 Å². The summed E-state index contributed by atoms with van der Waals surface area (Å²) in [5.74, 6) is 0.107. The van der Waals surface area contributed by atoms with Gasteiger partial charge in [0.25, 0.3) is 0 Å². The molecule has 0 aliphatic heterocycles. The number of phenols is 1. The number of fused-ring (bicyclic) bond motifs is 1. The molecule has 2 aromatic rings. The van der Waals surface area contributed by atoms with Gasteiger partial charge < -0.3 is 10.8 Å². The minimum Gasteiger partial charge on any atom is -0.506 e. The Kier molecular flexibility index (Phi) is 3.29. The molecule has 3 nitrogen and oxygen atoms in total. The molecule has 14 heavy (non-hydrogen) atoms. The quantitative estimate of drug-likeness (QED) is 0.495. The predicted octanol–water partition coefficient (Wildman–Crippen LogP) is 2.55. The SMILES string of the molecule is CC.Nc1cc2ccncc2cc1O. The highest BCUT2D eigenvalue weighted by Crippen LogP contribution is 2.25. The molecule has 0 saturated heterocycles. The monoisotopic (exact) mass is 190 g/mol. The Morgan fingerprint density at radius 2 is 1.93 bits per heavy atom. The smallest absolute Gasteiger partial charge is 0.139 e. The topological polar surface area (TPSA) is 59.1 Å². The van der Waals surface area contributed by atoms with Crippen molar-refractivity contribution in [2.75, 3.05) is 5.73 Å². The average molecular weight is 190 g/mol. The summed E-state index contributed by atoms with van der Waals surface area (Å²) < 4.78 is 0. The number of pyridine rings is 1. The lowest BCUT2D eigenvalue weighted by Gasteiger charge is -2.00. The fourth-order valence-corrected chi connectivity index (χ4v) is 1.14. The van der Waals surface area contributed by atoms with E-state index in [-0.39, 0.29) is 5.75 Å². The van der Waals surface area contributed by atoms with Crippen molar-refractivity contribution in [3.63, 3.8) is 0 Å². The molecule has 0 radical (unpaired) electrons. The first-order valence-corrected chi connectivity index (χ1v) is 4.59. The van der Waals surface area contributed by atoms with Crippen molar-refractivity contribution in [1.29, 1.82) is 0 Å². The van der Waals surface area contributed by atoms with Gasteiger partial charge in [0.1, 0.15) is 5.75 Å². The lowest BCUT2D eigenvalue weighted by atomic mass is 10.1. The van der Waals surface area contributed by atoms with Gasteiger partial charge in [-0.1, -0.05) is 13.8 Å². The van der Waals surface area contributed by atoms with Gasteiger partial charge in [0.05, 0.1) is 5.69 Å². The Balaban J connectivity index is 0.000000461. The van der Waals surface area contributed by atoms with E-state index in [1.165, 1.54) is 0 Å². The van der Waals surface area contributed by atoms with E-state index in [9.17, 15) is 5.11 Å². The molecular weight excluding hydrogens is 176 g/mol. The van der Waals surface area contributed by atoms with Crippen LogP contribution in [-0.2, 0) is 0 Å². The summed E-state index contributed by atoms with van der Waals surface area (Å²) in [6.07, 6.45) is 3.38. The van der Waals surface area contributed by atoms with Gasteiger partial charge in [0.2, 0.25) is 0 Å². The Bertz CT molecular complexity index is 386. The van der Waals surface area contributed by atoms with Crippen molar-refractivity contribution >= 4 is 16.5 Å².